The Morgan fingerprint density at radius 2 is 1.52 bits per heavy atom. The summed E-state index contributed by atoms with van der Waals surface area (Å²) in [5.41, 5.74) is 3.32. The van der Waals surface area contributed by atoms with Crippen LogP contribution < -0.4 is 10.2 Å². The molecule has 12 nitrogen and oxygen atoms in total. The molecular formula is C42H58Cl2N8O4. The zero-order valence-electron chi connectivity index (χ0n) is 33.2. The van der Waals surface area contributed by atoms with E-state index in [2.05, 4.69) is 40.8 Å². The molecule has 4 saturated heterocycles. The number of aromatic nitrogens is 4. The quantitative estimate of drug-likeness (QED) is 0.215. The number of benzene rings is 1. The van der Waals surface area contributed by atoms with Crippen LogP contribution in [0.2, 0.25) is 10.0 Å². The number of aryl methyl sites for hydroxylation is 1. The second-order valence-corrected chi connectivity index (χ2v) is 18.5. The summed E-state index contributed by atoms with van der Waals surface area (Å²) in [6.07, 6.45) is 10.6. The third-order valence-electron chi connectivity index (χ3n) is 14.1. The van der Waals surface area contributed by atoms with Crippen molar-refractivity contribution in [2.45, 2.75) is 109 Å². The Hall–Kier alpha value is -3.03. The van der Waals surface area contributed by atoms with Crippen molar-refractivity contribution in [1.29, 1.82) is 0 Å². The number of carboxylic acid groups (broad SMARTS) is 2. The summed E-state index contributed by atoms with van der Waals surface area (Å²) in [5.74, 6) is 1.38. The smallest absolute Gasteiger partial charge is 0.306 e. The molecule has 3 N–H and O–H groups in total. The number of anilines is 1. The van der Waals surface area contributed by atoms with Crippen LogP contribution in [0.25, 0.3) is 11.2 Å². The molecule has 0 bridgehead atoms. The number of hydrogen-bond acceptors (Lipinski definition) is 9. The Labute approximate surface area is 340 Å². The van der Waals surface area contributed by atoms with Crippen molar-refractivity contribution in [2.24, 2.45) is 35.5 Å². The van der Waals surface area contributed by atoms with E-state index in [-0.39, 0.29) is 17.9 Å². The molecule has 8 unspecified atom stereocenters. The first-order chi connectivity index (χ1) is 26.9. The van der Waals surface area contributed by atoms with Crippen LogP contribution in [-0.2, 0) is 9.59 Å². The molecule has 2 aliphatic carbocycles. The summed E-state index contributed by atoms with van der Waals surface area (Å²) in [6, 6.07) is 7.53. The summed E-state index contributed by atoms with van der Waals surface area (Å²) in [5, 5.41) is 28.0. The van der Waals surface area contributed by atoms with Gasteiger partial charge in [0.1, 0.15) is 11.3 Å². The molecule has 3 aromatic rings. The predicted molar refractivity (Wildman–Crippen MR) is 218 cm³/mol. The second kappa shape index (κ2) is 16.3. The molecule has 11 atom stereocenters. The van der Waals surface area contributed by atoms with Gasteiger partial charge in [-0.2, -0.15) is 5.10 Å². The number of fused-ring (bicyclic) bond motifs is 1. The van der Waals surface area contributed by atoms with Crippen LogP contribution in [0.15, 0.2) is 24.4 Å². The van der Waals surface area contributed by atoms with Gasteiger partial charge in [0.2, 0.25) is 0 Å². The summed E-state index contributed by atoms with van der Waals surface area (Å²) >= 11 is 12.6. The van der Waals surface area contributed by atoms with Gasteiger partial charge in [0.05, 0.1) is 29.8 Å². The van der Waals surface area contributed by atoms with Crippen molar-refractivity contribution in [3.63, 3.8) is 0 Å². The van der Waals surface area contributed by atoms with E-state index in [1.165, 1.54) is 32.2 Å². The van der Waals surface area contributed by atoms with Crippen molar-refractivity contribution in [2.75, 3.05) is 44.2 Å². The first-order valence-electron chi connectivity index (χ1n) is 21.0. The van der Waals surface area contributed by atoms with E-state index in [1.807, 2.05) is 29.9 Å². The van der Waals surface area contributed by atoms with Crippen LogP contribution in [0.3, 0.4) is 0 Å². The first-order valence-corrected chi connectivity index (χ1v) is 21.8. The first kappa shape index (κ1) is 39.8. The van der Waals surface area contributed by atoms with Crippen LogP contribution >= 0.6 is 23.2 Å². The van der Waals surface area contributed by atoms with Crippen LogP contribution in [0.1, 0.15) is 89.4 Å². The lowest BCUT2D eigenvalue weighted by Gasteiger charge is -2.44. The van der Waals surface area contributed by atoms with Gasteiger partial charge in [-0.25, -0.2) is 14.6 Å². The number of nitrogens with one attached hydrogen (secondary N) is 1. The van der Waals surface area contributed by atoms with Crippen LogP contribution in [0.4, 0.5) is 5.82 Å². The Morgan fingerprint density at radius 3 is 2.09 bits per heavy atom. The molecule has 9 rings (SSSR count). The van der Waals surface area contributed by atoms with Gasteiger partial charge in [-0.1, -0.05) is 43.1 Å². The van der Waals surface area contributed by atoms with E-state index in [4.69, 9.17) is 43.4 Å². The van der Waals surface area contributed by atoms with Crippen molar-refractivity contribution in [1.82, 2.24) is 34.9 Å². The molecular weight excluding hydrogens is 751 g/mol. The van der Waals surface area contributed by atoms with Gasteiger partial charge in [0.25, 0.3) is 0 Å². The van der Waals surface area contributed by atoms with Gasteiger partial charge in [0, 0.05) is 47.3 Å². The molecule has 0 amide bonds. The fourth-order valence-electron chi connectivity index (χ4n) is 11.0. The summed E-state index contributed by atoms with van der Waals surface area (Å²) in [6.45, 7) is 14.9. The van der Waals surface area contributed by atoms with Gasteiger partial charge in [0.15, 0.2) is 5.65 Å². The van der Waals surface area contributed by atoms with E-state index in [0.717, 1.165) is 86.6 Å². The molecule has 14 heteroatoms. The van der Waals surface area contributed by atoms with Crippen molar-refractivity contribution < 1.29 is 19.8 Å². The Morgan fingerprint density at radius 1 is 0.875 bits per heavy atom. The normalized spacial score (nSPS) is 33.9. The minimum atomic E-state index is -0.624. The third kappa shape index (κ3) is 7.89. The van der Waals surface area contributed by atoms with Crippen molar-refractivity contribution in [3.8, 4) is 0 Å². The number of nitrogens with zero attached hydrogens (tertiary/aromatic N) is 7. The summed E-state index contributed by atoms with van der Waals surface area (Å²) < 4.78 is 1.91. The Bertz CT molecular complexity index is 1930. The van der Waals surface area contributed by atoms with Gasteiger partial charge in [-0.3, -0.25) is 19.4 Å². The maximum atomic E-state index is 11.5. The summed E-state index contributed by atoms with van der Waals surface area (Å²) in [7, 11) is 0. The molecule has 4 aliphatic heterocycles. The average Bonchev–Trinajstić information content (AvgIpc) is 4.01. The lowest BCUT2D eigenvalue weighted by Crippen LogP contribution is -2.52. The molecule has 6 heterocycles. The number of halogens is 2. The van der Waals surface area contributed by atoms with E-state index in [9.17, 15) is 14.7 Å². The number of aliphatic carboxylic acids is 2. The Balaban J connectivity index is 0.000000204. The van der Waals surface area contributed by atoms with Gasteiger partial charge < -0.3 is 20.4 Å². The number of carboxylic acids is 2. The number of piperidine rings is 2. The second-order valence-electron chi connectivity index (χ2n) is 17.7. The van der Waals surface area contributed by atoms with Crippen LogP contribution in [0, 0.1) is 42.4 Å². The molecule has 304 valence electrons. The third-order valence-corrected chi connectivity index (χ3v) is 14.7. The van der Waals surface area contributed by atoms with Gasteiger partial charge >= 0.3 is 11.9 Å². The minimum absolute atomic E-state index is 0.0485. The molecule has 0 spiro atoms. The van der Waals surface area contributed by atoms with Crippen molar-refractivity contribution >= 4 is 52.1 Å². The number of likely N-dealkylation sites (tertiary alicyclic amines) is 2. The molecule has 2 saturated carbocycles. The van der Waals surface area contributed by atoms with Crippen LogP contribution in [0.5, 0.6) is 0 Å². The van der Waals surface area contributed by atoms with Crippen LogP contribution in [-0.4, -0.2) is 115 Å². The zero-order valence-corrected chi connectivity index (χ0v) is 34.7. The SMILES string of the molecule is CC1CNCCC1N1CCC[C@H]1C1CC1C(=O)O.Cc1nn([C@H](C)c2ccc(Cl)cc2Cl)c2nc(N3CCC(N4CCC[C@H]4C4CC4C(=O)O)C(C)C3)cnc12. The van der Waals surface area contributed by atoms with Crippen molar-refractivity contribution in [3.05, 3.63) is 45.7 Å². The highest BCUT2D eigenvalue weighted by Gasteiger charge is 2.53. The lowest BCUT2D eigenvalue weighted by atomic mass is 9.91. The van der Waals surface area contributed by atoms with E-state index >= 15 is 0 Å². The topological polar surface area (TPSA) is 140 Å². The molecule has 56 heavy (non-hydrogen) atoms. The largest absolute Gasteiger partial charge is 0.481 e. The zero-order chi connectivity index (χ0) is 39.4. The average molecular weight is 810 g/mol. The van der Waals surface area contributed by atoms with E-state index in [1.54, 1.807) is 6.07 Å². The summed E-state index contributed by atoms with van der Waals surface area (Å²) in [4.78, 5) is 40.0. The monoisotopic (exact) mass is 808 g/mol. The number of rotatable bonds is 9. The maximum Gasteiger partial charge on any atom is 0.306 e. The molecule has 0 radical (unpaired) electrons. The highest BCUT2D eigenvalue weighted by atomic mass is 35.5. The molecule has 6 fully saturated rings. The molecule has 1 aromatic carbocycles. The standard InChI is InChI=1S/C28H34Cl2N6O2.C14H24N2O2/c1-15-14-34(10-8-23(15)35-9-4-5-24(35)20-12-21(20)28(37)38)25-13-31-26-16(2)33-36(27(26)32-25)17(3)19-7-6-18(29)11-22(19)30;1-9-8-15-5-4-12(9)16-6-2-3-13(16)10-7-11(10)14(17)18/h6-7,11,13,15,17,20-21,23-24H,4-5,8-10,12,14H2,1-3H3,(H,37,38);9-13,15H,2-8H2,1H3,(H,17,18)/t15?,17-,20?,21?,23?,24+;9?,10?,11?,12?,13-/m10/s1. The fourth-order valence-corrected chi connectivity index (χ4v) is 11.5. The molecule has 2 aromatic heterocycles. The fraction of sp³-hybridized carbons (Fsp3) is 0.690. The molecule has 6 aliphatic rings. The minimum Gasteiger partial charge on any atom is -0.481 e. The number of hydrogen-bond donors (Lipinski definition) is 3. The highest BCUT2D eigenvalue weighted by Crippen LogP contribution is 2.49. The Kier molecular flexibility index (Phi) is 11.6. The van der Waals surface area contributed by atoms with Gasteiger partial charge in [-0.05, 0) is 133 Å². The highest BCUT2D eigenvalue weighted by molar-refractivity contribution is 6.35. The predicted octanol–water partition coefficient (Wildman–Crippen LogP) is 6.62. The maximum absolute atomic E-state index is 11.5. The number of carbonyl (C=O) groups is 2. The van der Waals surface area contributed by atoms with Gasteiger partial charge in [-0.15, -0.1) is 0 Å². The van der Waals surface area contributed by atoms with E-state index in [0.29, 0.717) is 57.9 Å². The lowest BCUT2D eigenvalue weighted by molar-refractivity contribution is -0.140. The van der Waals surface area contributed by atoms with E-state index < -0.39 is 11.9 Å².